The Balaban J connectivity index is 2.85. The predicted molar refractivity (Wildman–Crippen MR) is 61.8 cm³/mol. The molecule has 0 spiro atoms. The Hall–Kier alpha value is -0.690. The zero-order valence-electron chi connectivity index (χ0n) is 6.77. The summed E-state index contributed by atoms with van der Waals surface area (Å²) in [6, 6.07) is 4.78. The lowest BCUT2D eigenvalue weighted by Gasteiger charge is -2.03. The average Bonchev–Trinajstić information content (AvgIpc) is 2.10. The predicted octanol–water partition coefficient (Wildman–Crippen LogP) is 3.29. The fourth-order valence-corrected chi connectivity index (χ4v) is 1.42. The molecule has 0 saturated carbocycles. The third kappa shape index (κ3) is 3.22. The van der Waals surface area contributed by atoms with E-state index >= 15 is 0 Å². The molecule has 1 rings (SSSR count). The number of hydrogen-bond acceptors (Lipinski definition) is 1. The first-order chi connectivity index (χ1) is 6.63. The molecule has 0 radical (unpaired) electrons. The minimum absolute atomic E-state index is 0.377. The van der Waals surface area contributed by atoms with Crippen molar-refractivity contribution in [2.45, 2.75) is 0 Å². The molecule has 0 atom stereocenters. The quantitative estimate of drug-likeness (QED) is 0.791. The van der Waals surface area contributed by atoms with Gasteiger partial charge in [0.15, 0.2) is 0 Å². The van der Waals surface area contributed by atoms with Gasteiger partial charge in [-0.05, 0) is 23.0 Å². The van der Waals surface area contributed by atoms with Crippen LogP contribution in [0.5, 0.6) is 0 Å². The fourth-order valence-electron chi connectivity index (χ4n) is 0.787. The first-order valence-electron chi connectivity index (χ1n) is 3.51. The van der Waals surface area contributed by atoms with Gasteiger partial charge in [0, 0.05) is 26.9 Å². The lowest BCUT2D eigenvalue weighted by atomic mass is 10.3. The van der Waals surface area contributed by atoms with E-state index < -0.39 is 5.91 Å². The molecule has 72 valence electrons. The molecule has 0 bridgehead atoms. The standard InChI is InChI=1S/C9H4BrCl2NO/c10-4-3-9(14)13-8-2-1-6(11)5-7(8)12/h1-2,5H,(H,13,14). The van der Waals surface area contributed by atoms with E-state index in [1.165, 1.54) is 0 Å². The highest BCUT2D eigenvalue weighted by Gasteiger charge is 2.03. The zero-order valence-corrected chi connectivity index (χ0v) is 9.87. The van der Waals surface area contributed by atoms with E-state index in [4.69, 9.17) is 23.2 Å². The molecule has 0 fully saturated rings. The third-order valence-corrected chi connectivity index (χ3v) is 2.09. The molecule has 2 nitrogen and oxygen atoms in total. The summed E-state index contributed by atoms with van der Waals surface area (Å²) >= 11 is 14.3. The molecule has 0 unspecified atom stereocenters. The van der Waals surface area contributed by atoms with Crippen molar-refractivity contribution in [1.82, 2.24) is 0 Å². The van der Waals surface area contributed by atoms with Crippen molar-refractivity contribution < 1.29 is 4.79 Å². The molecule has 0 aromatic heterocycles. The summed E-state index contributed by atoms with van der Waals surface area (Å²) in [4.78, 5) is 13.3. The first kappa shape index (κ1) is 11.4. The third-order valence-electron chi connectivity index (χ3n) is 1.34. The monoisotopic (exact) mass is 291 g/mol. The summed E-state index contributed by atoms with van der Waals surface area (Å²) < 4.78 is 0. The normalized spacial score (nSPS) is 8.79. The Labute approximate surface area is 99.7 Å². The Bertz CT molecular complexity index is 423. The Morgan fingerprint density at radius 3 is 2.71 bits per heavy atom. The van der Waals surface area contributed by atoms with E-state index in [-0.39, 0.29) is 0 Å². The number of hydrogen-bond donors (Lipinski definition) is 1. The second-order valence-electron chi connectivity index (χ2n) is 2.30. The van der Waals surface area contributed by atoms with Crippen LogP contribution in [0.15, 0.2) is 18.2 Å². The van der Waals surface area contributed by atoms with Crippen LogP contribution < -0.4 is 5.32 Å². The van der Waals surface area contributed by atoms with Crippen molar-refractivity contribution in [3.8, 4) is 10.8 Å². The van der Waals surface area contributed by atoms with Crippen LogP contribution in [0.25, 0.3) is 0 Å². The molecule has 0 aliphatic carbocycles. The summed E-state index contributed by atoms with van der Waals surface area (Å²) in [5.41, 5.74) is 0.483. The maximum atomic E-state index is 11.0. The highest BCUT2D eigenvalue weighted by atomic mass is 79.9. The van der Waals surface area contributed by atoms with Gasteiger partial charge in [0.2, 0.25) is 0 Å². The van der Waals surface area contributed by atoms with Crippen molar-refractivity contribution in [1.29, 1.82) is 0 Å². The highest BCUT2D eigenvalue weighted by Crippen LogP contribution is 2.25. The van der Waals surface area contributed by atoms with E-state index in [1.807, 2.05) is 0 Å². The molecule has 0 aliphatic heterocycles. The highest BCUT2D eigenvalue weighted by molar-refractivity contribution is 9.12. The van der Waals surface area contributed by atoms with Crippen LogP contribution in [0.3, 0.4) is 0 Å². The van der Waals surface area contributed by atoms with Crippen molar-refractivity contribution in [3.63, 3.8) is 0 Å². The number of halogens is 3. The summed E-state index contributed by atoms with van der Waals surface area (Å²) in [7, 11) is 0. The molecule has 1 N–H and O–H groups in total. The molecular weight excluding hydrogens is 289 g/mol. The van der Waals surface area contributed by atoms with Crippen LogP contribution in [0.1, 0.15) is 0 Å². The van der Waals surface area contributed by atoms with E-state index in [0.717, 1.165) is 0 Å². The van der Waals surface area contributed by atoms with Gasteiger partial charge in [0.1, 0.15) is 0 Å². The lowest BCUT2D eigenvalue weighted by Crippen LogP contribution is -2.08. The number of rotatable bonds is 1. The average molecular weight is 293 g/mol. The minimum Gasteiger partial charge on any atom is -0.314 e. The molecule has 1 aromatic carbocycles. The van der Waals surface area contributed by atoms with Crippen molar-refractivity contribution in [2.75, 3.05) is 5.32 Å². The smallest absolute Gasteiger partial charge is 0.301 e. The van der Waals surface area contributed by atoms with Gasteiger partial charge in [-0.25, -0.2) is 0 Å². The van der Waals surface area contributed by atoms with Crippen molar-refractivity contribution in [2.24, 2.45) is 0 Å². The number of anilines is 1. The van der Waals surface area contributed by atoms with E-state index in [2.05, 4.69) is 32.0 Å². The molecule has 0 saturated heterocycles. The Morgan fingerprint density at radius 1 is 1.43 bits per heavy atom. The van der Waals surface area contributed by atoms with E-state index in [1.54, 1.807) is 18.2 Å². The SMILES string of the molecule is O=C(C#CBr)Nc1ccc(Cl)cc1Cl. The van der Waals surface area contributed by atoms with Gasteiger partial charge in [-0.1, -0.05) is 23.2 Å². The maximum Gasteiger partial charge on any atom is 0.301 e. The summed E-state index contributed by atoms with van der Waals surface area (Å²) in [5, 5.41) is 3.40. The molecule has 5 heteroatoms. The van der Waals surface area contributed by atoms with Gasteiger partial charge >= 0.3 is 5.91 Å². The van der Waals surface area contributed by atoms with Crippen LogP contribution in [-0.2, 0) is 4.79 Å². The van der Waals surface area contributed by atoms with E-state index in [0.29, 0.717) is 15.7 Å². The summed E-state index contributed by atoms with van der Waals surface area (Å²) in [6.07, 6.45) is 0. The lowest BCUT2D eigenvalue weighted by molar-refractivity contribution is -0.111. The maximum absolute atomic E-state index is 11.0. The number of benzene rings is 1. The molecule has 1 amide bonds. The Kier molecular flexibility index (Phi) is 4.27. The van der Waals surface area contributed by atoms with Crippen LogP contribution in [0.2, 0.25) is 10.0 Å². The molecule has 0 heterocycles. The van der Waals surface area contributed by atoms with Gasteiger partial charge in [-0.3, -0.25) is 4.79 Å². The fraction of sp³-hybridized carbons (Fsp3) is 0. The minimum atomic E-state index is -0.439. The molecule has 14 heavy (non-hydrogen) atoms. The summed E-state index contributed by atoms with van der Waals surface area (Å²) in [5.74, 6) is 1.82. The van der Waals surface area contributed by atoms with Gasteiger partial charge in [-0.15, -0.1) is 0 Å². The van der Waals surface area contributed by atoms with Gasteiger partial charge in [0.05, 0.1) is 10.7 Å². The second kappa shape index (κ2) is 5.26. The van der Waals surface area contributed by atoms with Crippen LogP contribution in [0, 0.1) is 10.8 Å². The van der Waals surface area contributed by atoms with E-state index in [9.17, 15) is 4.79 Å². The number of carbonyl (C=O) groups is 1. The van der Waals surface area contributed by atoms with Gasteiger partial charge < -0.3 is 5.32 Å². The molecule has 1 aromatic rings. The molecule has 0 aliphatic rings. The van der Waals surface area contributed by atoms with Crippen molar-refractivity contribution >= 4 is 50.7 Å². The molecular formula is C9H4BrCl2NO. The zero-order chi connectivity index (χ0) is 10.6. The van der Waals surface area contributed by atoms with Crippen LogP contribution >= 0.6 is 39.1 Å². The first-order valence-corrected chi connectivity index (χ1v) is 5.06. The number of carbonyl (C=O) groups excluding carboxylic acids is 1. The second-order valence-corrected chi connectivity index (χ2v) is 3.54. The van der Waals surface area contributed by atoms with Gasteiger partial charge in [0.25, 0.3) is 0 Å². The van der Waals surface area contributed by atoms with Crippen LogP contribution in [-0.4, -0.2) is 5.91 Å². The Morgan fingerprint density at radius 2 is 2.14 bits per heavy atom. The number of amides is 1. The number of nitrogens with one attached hydrogen (secondary N) is 1. The van der Waals surface area contributed by atoms with Crippen LogP contribution in [0.4, 0.5) is 5.69 Å². The van der Waals surface area contributed by atoms with Gasteiger partial charge in [-0.2, -0.15) is 0 Å². The van der Waals surface area contributed by atoms with Crippen molar-refractivity contribution in [3.05, 3.63) is 28.2 Å². The largest absolute Gasteiger partial charge is 0.314 e. The summed E-state index contributed by atoms with van der Waals surface area (Å²) in [6.45, 7) is 0. The topological polar surface area (TPSA) is 29.1 Å².